The van der Waals surface area contributed by atoms with Crippen LogP contribution in [0.4, 0.5) is 14.9 Å². The van der Waals surface area contributed by atoms with Gasteiger partial charge < -0.3 is 20.2 Å². The molecular formula is C23H27FN4O3. The molecule has 0 radical (unpaired) electrons. The molecule has 0 bridgehead atoms. The zero-order chi connectivity index (χ0) is 22.2. The van der Waals surface area contributed by atoms with E-state index in [0.717, 1.165) is 18.4 Å². The Morgan fingerprint density at radius 3 is 2.65 bits per heavy atom. The minimum Gasteiger partial charge on any atom is -0.459 e. The summed E-state index contributed by atoms with van der Waals surface area (Å²) in [6.45, 7) is 5.81. The minimum absolute atomic E-state index is 0.0433. The Balaban J connectivity index is 1.43. The van der Waals surface area contributed by atoms with E-state index in [1.54, 1.807) is 18.5 Å². The number of aliphatic hydroxyl groups is 1. The maximum absolute atomic E-state index is 13.6. The number of halogens is 1. The van der Waals surface area contributed by atoms with Crippen molar-refractivity contribution in [2.45, 2.75) is 58.1 Å². The Hall–Kier alpha value is -3.00. The van der Waals surface area contributed by atoms with Crippen LogP contribution in [-0.4, -0.2) is 26.7 Å². The number of anilines is 1. The molecule has 1 atom stereocenters. The number of hydrogen-bond donors (Lipinski definition) is 3. The van der Waals surface area contributed by atoms with Gasteiger partial charge in [-0.25, -0.2) is 19.2 Å². The van der Waals surface area contributed by atoms with E-state index in [2.05, 4.69) is 20.6 Å². The van der Waals surface area contributed by atoms with Crippen LogP contribution >= 0.6 is 0 Å². The highest BCUT2D eigenvalue weighted by Crippen LogP contribution is 2.39. The first kappa shape index (κ1) is 21.2. The maximum atomic E-state index is 13.6. The number of hydrogen-bond acceptors (Lipinski definition) is 5. The molecule has 164 valence electrons. The number of fused-ring (bicyclic) bond motifs is 1. The van der Waals surface area contributed by atoms with Gasteiger partial charge in [0.1, 0.15) is 23.0 Å². The average Bonchev–Trinajstić information content (AvgIpc) is 3.39. The van der Waals surface area contributed by atoms with Crippen LogP contribution in [0.5, 0.6) is 0 Å². The van der Waals surface area contributed by atoms with Gasteiger partial charge in [-0.2, -0.15) is 0 Å². The largest absolute Gasteiger partial charge is 0.459 e. The molecule has 0 unspecified atom stereocenters. The van der Waals surface area contributed by atoms with Gasteiger partial charge in [0.25, 0.3) is 0 Å². The SMILES string of the molecule is Cc1c([C@@H](NC(=O)Nc2cnc(CCC3(O)CC3)nc2)C(C)C)oc2ccc(F)cc12. The lowest BCUT2D eigenvalue weighted by Gasteiger charge is -2.21. The lowest BCUT2D eigenvalue weighted by molar-refractivity contribution is 0.140. The summed E-state index contributed by atoms with van der Waals surface area (Å²) in [5, 5.41) is 16.3. The molecule has 31 heavy (non-hydrogen) atoms. The highest BCUT2D eigenvalue weighted by Gasteiger charge is 2.39. The van der Waals surface area contributed by atoms with E-state index in [0.29, 0.717) is 41.1 Å². The van der Waals surface area contributed by atoms with Gasteiger partial charge in [0.2, 0.25) is 0 Å². The summed E-state index contributed by atoms with van der Waals surface area (Å²) in [6.07, 6.45) is 6.03. The third kappa shape index (κ3) is 4.85. The summed E-state index contributed by atoms with van der Waals surface area (Å²) in [5.74, 6) is 0.957. The van der Waals surface area contributed by atoms with Crippen LogP contribution in [0.3, 0.4) is 0 Å². The van der Waals surface area contributed by atoms with Crippen molar-refractivity contribution in [1.29, 1.82) is 0 Å². The molecule has 0 aliphatic heterocycles. The third-order valence-corrected chi connectivity index (χ3v) is 5.78. The topological polar surface area (TPSA) is 100 Å². The number of nitrogens with one attached hydrogen (secondary N) is 2. The number of benzene rings is 1. The standard InChI is InChI=1S/C23H27FN4O3/c1-13(2)20(21-14(3)17-10-15(24)4-5-18(17)31-21)28-22(29)27-16-11-25-19(26-12-16)6-7-23(30)8-9-23/h4-5,10-13,20,30H,6-9H2,1-3H3,(H2,27,28,29)/t20-/m0/s1. The Morgan fingerprint density at radius 2 is 2.00 bits per heavy atom. The summed E-state index contributed by atoms with van der Waals surface area (Å²) in [4.78, 5) is 21.2. The number of aryl methyl sites for hydroxylation is 2. The Labute approximate surface area is 180 Å². The van der Waals surface area contributed by atoms with Crippen molar-refractivity contribution in [3.8, 4) is 0 Å². The van der Waals surface area contributed by atoms with Crippen LogP contribution in [-0.2, 0) is 6.42 Å². The molecule has 1 aliphatic rings. The highest BCUT2D eigenvalue weighted by molar-refractivity contribution is 5.89. The molecule has 1 fully saturated rings. The second-order valence-corrected chi connectivity index (χ2v) is 8.66. The number of furan rings is 1. The molecule has 2 amide bonds. The second-order valence-electron chi connectivity index (χ2n) is 8.66. The van der Waals surface area contributed by atoms with E-state index in [1.807, 2.05) is 20.8 Å². The predicted molar refractivity (Wildman–Crippen MR) is 115 cm³/mol. The molecule has 0 spiro atoms. The molecular weight excluding hydrogens is 399 g/mol. The number of carbonyl (C=O) groups excluding carboxylic acids is 1. The molecule has 2 heterocycles. The van der Waals surface area contributed by atoms with Gasteiger partial charge in [-0.05, 0) is 50.3 Å². The molecule has 8 heteroatoms. The van der Waals surface area contributed by atoms with Crippen LogP contribution in [0.2, 0.25) is 0 Å². The van der Waals surface area contributed by atoms with E-state index in [-0.39, 0.29) is 11.7 Å². The molecule has 2 aromatic heterocycles. The van der Waals surface area contributed by atoms with Gasteiger partial charge in [0.05, 0.1) is 29.7 Å². The summed E-state index contributed by atoms with van der Waals surface area (Å²) < 4.78 is 19.6. The van der Waals surface area contributed by atoms with Gasteiger partial charge >= 0.3 is 6.03 Å². The summed E-state index contributed by atoms with van der Waals surface area (Å²) in [6, 6.07) is 3.59. The molecule has 0 saturated heterocycles. The molecule has 3 N–H and O–H groups in total. The van der Waals surface area contributed by atoms with Crippen LogP contribution in [0, 0.1) is 18.7 Å². The van der Waals surface area contributed by atoms with Crippen LogP contribution in [0.25, 0.3) is 11.0 Å². The van der Waals surface area contributed by atoms with Crippen molar-refractivity contribution in [1.82, 2.24) is 15.3 Å². The smallest absolute Gasteiger partial charge is 0.319 e. The number of rotatable bonds is 7. The second kappa shape index (κ2) is 8.26. The first-order valence-electron chi connectivity index (χ1n) is 10.5. The Bertz CT molecular complexity index is 1090. The number of amides is 2. The fraction of sp³-hybridized carbons (Fsp3) is 0.435. The fourth-order valence-electron chi connectivity index (χ4n) is 3.64. The van der Waals surface area contributed by atoms with Gasteiger partial charge in [0.15, 0.2) is 0 Å². The number of nitrogens with zero attached hydrogens (tertiary/aromatic N) is 2. The van der Waals surface area contributed by atoms with Crippen molar-refractivity contribution in [2.24, 2.45) is 5.92 Å². The minimum atomic E-state index is -0.535. The zero-order valence-corrected chi connectivity index (χ0v) is 17.9. The average molecular weight is 426 g/mol. The molecule has 4 rings (SSSR count). The number of carbonyl (C=O) groups is 1. The summed E-state index contributed by atoms with van der Waals surface area (Å²) >= 11 is 0. The van der Waals surface area contributed by atoms with Gasteiger partial charge in [-0.15, -0.1) is 0 Å². The van der Waals surface area contributed by atoms with E-state index in [1.165, 1.54) is 12.1 Å². The monoisotopic (exact) mass is 426 g/mol. The lowest BCUT2D eigenvalue weighted by atomic mass is 9.98. The van der Waals surface area contributed by atoms with Crippen molar-refractivity contribution in [3.05, 3.63) is 53.6 Å². The highest BCUT2D eigenvalue weighted by atomic mass is 19.1. The lowest BCUT2D eigenvalue weighted by Crippen LogP contribution is -2.35. The third-order valence-electron chi connectivity index (χ3n) is 5.78. The molecule has 7 nitrogen and oxygen atoms in total. The van der Waals surface area contributed by atoms with Crippen molar-refractivity contribution in [2.75, 3.05) is 5.32 Å². The molecule has 1 aliphatic carbocycles. The molecule has 1 aromatic carbocycles. The number of aromatic nitrogens is 2. The Kier molecular flexibility index (Phi) is 5.66. The number of urea groups is 1. The quantitative estimate of drug-likeness (QED) is 0.511. The maximum Gasteiger partial charge on any atom is 0.319 e. The molecule has 3 aromatic rings. The van der Waals surface area contributed by atoms with Crippen LogP contribution in [0.1, 0.15) is 56.3 Å². The molecule has 1 saturated carbocycles. The first-order chi connectivity index (χ1) is 14.7. The van der Waals surface area contributed by atoms with Gasteiger partial charge in [-0.3, -0.25) is 0 Å². The van der Waals surface area contributed by atoms with Crippen LogP contribution in [0.15, 0.2) is 35.0 Å². The van der Waals surface area contributed by atoms with Crippen molar-refractivity contribution < 1.29 is 18.7 Å². The fourth-order valence-corrected chi connectivity index (χ4v) is 3.64. The zero-order valence-electron chi connectivity index (χ0n) is 17.9. The Morgan fingerprint density at radius 1 is 1.29 bits per heavy atom. The van der Waals surface area contributed by atoms with Crippen molar-refractivity contribution >= 4 is 22.7 Å². The summed E-state index contributed by atoms with van der Waals surface area (Å²) in [5.41, 5.74) is 1.32. The van der Waals surface area contributed by atoms with E-state index in [4.69, 9.17) is 4.42 Å². The van der Waals surface area contributed by atoms with Gasteiger partial charge in [-0.1, -0.05) is 13.8 Å². The van der Waals surface area contributed by atoms with Crippen LogP contribution < -0.4 is 10.6 Å². The van der Waals surface area contributed by atoms with Crippen molar-refractivity contribution in [3.63, 3.8) is 0 Å². The van der Waals surface area contributed by atoms with E-state index in [9.17, 15) is 14.3 Å². The van der Waals surface area contributed by atoms with E-state index < -0.39 is 17.7 Å². The predicted octanol–water partition coefficient (Wildman–Crippen LogP) is 4.65. The first-order valence-corrected chi connectivity index (χ1v) is 10.5. The summed E-state index contributed by atoms with van der Waals surface area (Å²) in [7, 11) is 0. The van der Waals surface area contributed by atoms with Gasteiger partial charge in [0, 0.05) is 17.4 Å². The van der Waals surface area contributed by atoms with E-state index >= 15 is 0 Å². The normalized spacial score (nSPS) is 15.8.